The molecule has 1 aliphatic heterocycles. The third-order valence-electron chi connectivity index (χ3n) is 3.64. The molecule has 0 bridgehead atoms. The van der Waals surface area contributed by atoms with Gasteiger partial charge in [0.1, 0.15) is 5.01 Å². The first-order valence-corrected chi connectivity index (χ1v) is 9.48. The van der Waals surface area contributed by atoms with Crippen LogP contribution in [0, 0.1) is 6.92 Å². The van der Waals surface area contributed by atoms with Crippen LogP contribution >= 0.6 is 22.7 Å². The Labute approximate surface area is 144 Å². The highest BCUT2D eigenvalue weighted by molar-refractivity contribution is 7.17. The Kier molecular flexibility index (Phi) is 5.40. The standard InChI is InChI=1S/C16H20N4OS2/c1-12-11-22-15(18-12)9-14(21)19-17-10-13-5-6-16(23-13)20-7-3-2-4-8-20/h5-6,10-11H,2-4,7-9H2,1H3,(H,19,21)/b17-10-. The number of thiophene rings is 1. The van der Waals surface area contributed by atoms with E-state index < -0.39 is 0 Å². The van der Waals surface area contributed by atoms with Gasteiger partial charge in [0.15, 0.2) is 0 Å². The molecule has 3 heterocycles. The molecular weight excluding hydrogens is 328 g/mol. The van der Waals surface area contributed by atoms with Crippen LogP contribution in [-0.2, 0) is 11.2 Å². The number of aryl methyl sites for hydroxylation is 1. The minimum atomic E-state index is -0.136. The van der Waals surface area contributed by atoms with Gasteiger partial charge < -0.3 is 4.90 Å². The zero-order chi connectivity index (χ0) is 16.1. The van der Waals surface area contributed by atoms with Gasteiger partial charge in [-0.3, -0.25) is 4.79 Å². The first kappa shape index (κ1) is 16.1. The van der Waals surface area contributed by atoms with E-state index in [-0.39, 0.29) is 12.3 Å². The minimum Gasteiger partial charge on any atom is -0.363 e. The third-order valence-corrected chi connectivity index (χ3v) is 5.69. The highest BCUT2D eigenvalue weighted by Gasteiger charge is 2.12. The van der Waals surface area contributed by atoms with Crippen molar-refractivity contribution in [3.8, 4) is 0 Å². The molecule has 1 fully saturated rings. The summed E-state index contributed by atoms with van der Waals surface area (Å²) in [7, 11) is 0. The van der Waals surface area contributed by atoms with Gasteiger partial charge in [-0.15, -0.1) is 22.7 Å². The average molecular weight is 348 g/mol. The smallest absolute Gasteiger partial charge is 0.246 e. The number of piperidine rings is 1. The SMILES string of the molecule is Cc1csc(CC(=O)N/N=C\c2ccc(N3CCCCC3)s2)n1. The van der Waals surface area contributed by atoms with Crippen molar-refractivity contribution in [3.63, 3.8) is 0 Å². The van der Waals surface area contributed by atoms with E-state index in [1.807, 2.05) is 12.3 Å². The Morgan fingerprint density at radius 2 is 2.22 bits per heavy atom. The second-order valence-electron chi connectivity index (χ2n) is 5.58. The quantitative estimate of drug-likeness (QED) is 0.667. The first-order chi connectivity index (χ1) is 11.2. The molecule has 0 unspecified atom stereocenters. The van der Waals surface area contributed by atoms with E-state index in [0.29, 0.717) is 0 Å². The van der Waals surface area contributed by atoms with Crippen molar-refractivity contribution >= 4 is 39.8 Å². The molecule has 0 spiro atoms. The molecule has 0 atom stereocenters. The predicted octanol–water partition coefficient (Wildman–Crippen LogP) is 3.20. The Hall–Kier alpha value is -1.73. The zero-order valence-electron chi connectivity index (χ0n) is 13.1. The molecule has 122 valence electrons. The van der Waals surface area contributed by atoms with Gasteiger partial charge in [0.25, 0.3) is 0 Å². The topological polar surface area (TPSA) is 57.6 Å². The summed E-state index contributed by atoms with van der Waals surface area (Å²) in [6, 6.07) is 4.19. The molecule has 23 heavy (non-hydrogen) atoms. The number of carbonyl (C=O) groups excluding carboxylic acids is 1. The van der Waals surface area contributed by atoms with Crippen molar-refractivity contribution in [2.24, 2.45) is 5.10 Å². The first-order valence-electron chi connectivity index (χ1n) is 7.78. The fraction of sp³-hybridized carbons (Fsp3) is 0.438. The number of nitrogens with zero attached hydrogens (tertiary/aromatic N) is 3. The van der Waals surface area contributed by atoms with E-state index in [9.17, 15) is 4.79 Å². The summed E-state index contributed by atoms with van der Waals surface area (Å²) < 4.78 is 0. The maximum atomic E-state index is 11.8. The Balaban J connectivity index is 1.49. The van der Waals surface area contributed by atoms with Crippen LogP contribution in [0.1, 0.15) is 34.8 Å². The number of anilines is 1. The van der Waals surface area contributed by atoms with Gasteiger partial charge in [-0.25, -0.2) is 10.4 Å². The van der Waals surface area contributed by atoms with Crippen molar-refractivity contribution in [2.75, 3.05) is 18.0 Å². The van der Waals surface area contributed by atoms with Gasteiger partial charge in [-0.2, -0.15) is 5.10 Å². The van der Waals surface area contributed by atoms with E-state index in [1.54, 1.807) is 17.6 Å². The third kappa shape index (κ3) is 4.62. The van der Waals surface area contributed by atoms with Gasteiger partial charge in [0.05, 0.1) is 17.6 Å². The normalized spacial score (nSPS) is 15.3. The van der Waals surface area contributed by atoms with Crippen LogP contribution < -0.4 is 10.3 Å². The summed E-state index contributed by atoms with van der Waals surface area (Å²) in [5.74, 6) is -0.136. The fourth-order valence-electron chi connectivity index (χ4n) is 2.52. The molecular formula is C16H20N4OS2. The number of hydrogen-bond acceptors (Lipinski definition) is 6. The van der Waals surface area contributed by atoms with Crippen LogP contribution in [-0.4, -0.2) is 30.2 Å². The number of rotatable bonds is 5. The van der Waals surface area contributed by atoms with Gasteiger partial charge in [0.2, 0.25) is 5.91 Å². The molecule has 2 aromatic rings. The summed E-state index contributed by atoms with van der Waals surface area (Å²) in [4.78, 5) is 19.6. The maximum absolute atomic E-state index is 11.8. The highest BCUT2D eigenvalue weighted by atomic mass is 32.1. The summed E-state index contributed by atoms with van der Waals surface area (Å²) in [5.41, 5.74) is 3.52. The summed E-state index contributed by atoms with van der Waals surface area (Å²) in [6.45, 7) is 4.20. The number of aromatic nitrogens is 1. The molecule has 2 aromatic heterocycles. The highest BCUT2D eigenvalue weighted by Crippen LogP contribution is 2.27. The summed E-state index contributed by atoms with van der Waals surface area (Å²) in [6.07, 6.45) is 5.87. The monoisotopic (exact) mass is 348 g/mol. The summed E-state index contributed by atoms with van der Waals surface area (Å²) in [5, 5.41) is 8.10. The van der Waals surface area contributed by atoms with Crippen molar-refractivity contribution in [3.05, 3.63) is 33.1 Å². The van der Waals surface area contributed by atoms with Crippen LogP contribution in [0.3, 0.4) is 0 Å². The van der Waals surface area contributed by atoms with Crippen LogP contribution in [0.15, 0.2) is 22.6 Å². The van der Waals surface area contributed by atoms with E-state index in [1.165, 1.54) is 35.6 Å². The van der Waals surface area contributed by atoms with Gasteiger partial charge >= 0.3 is 0 Å². The summed E-state index contributed by atoms with van der Waals surface area (Å²) >= 11 is 3.21. The molecule has 0 saturated carbocycles. The average Bonchev–Trinajstić information content (AvgIpc) is 3.17. The van der Waals surface area contributed by atoms with Crippen LogP contribution in [0.5, 0.6) is 0 Å². The lowest BCUT2D eigenvalue weighted by Crippen LogP contribution is -2.28. The molecule has 7 heteroatoms. The lowest BCUT2D eigenvalue weighted by molar-refractivity contribution is -0.120. The van der Waals surface area contributed by atoms with Gasteiger partial charge in [-0.05, 0) is 38.3 Å². The molecule has 0 aromatic carbocycles. The van der Waals surface area contributed by atoms with E-state index in [0.717, 1.165) is 28.7 Å². The molecule has 1 N–H and O–H groups in total. The molecule has 3 rings (SSSR count). The Bertz CT molecular complexity index is 686. The largest absolute Gasteiger partial charge is 0.363 e. The number of amides is 1. The van der Waals surface area contributed by atoms with E-state index in [2.05, 4.69) is 32.5 Å². The molecule has 0 radical (unpaired) electrons. The number of carbonyl (C=O) groups is 1. The van der Waals surface area contributed by atoms with Gasteiger partial charge in [0, 0.05) is 29.0 Å². The number of hydrogen-bond donors (Lipinski definition) is 1. The van der Waals surface area contributed by atoms with Crippen molar-refractivity contribution in [1.82, 2.24) is 10.4 Å². The second-order valence-corrected chi connectivity index (χ2v) is 7.61. The van der Waals surface area contributed by atoms with E-state index in [4.69, 9.17) is 0 Å². The minimum absolute atomic E-state index is 0.136. The number of thiazole rings is 1. The van der Waals surface area contributed by atoms with E-state index >= 15 is 0 Å². The Morgan fingerprint density at radius 1 is 1.39 bits per heavy atom. The van der Waals surface area contributed by atoms with Crippen molar-refractivity contribution in [2.45, 2.75) is 32.6 Å². The number of nitrogens with one attached hydrogen (secondary N) is 1. The van der Waals surface area contributed by atoms with Crippen LogP contribution in [0.4, 0.5) is 5.00 Å². The maximum Gasteiger partial charge on any atom is 0.246 e. The predicted molar refractivity (Wildman–Crippen MR) is 96.7 cm³/mol. The van der Waals surface area contributed by atoms with Crippen molar-refractivity contribution in [1.29, 1.82) is 0 Å². The van der Waals surface area contributed by atoms with Crippen LogP contribution in [0.25, 0.3) is 0 Å². The second kappa shape index (κ2) is 7.70. The molecule has 1 amide bonds. The molecule has 1 aliphatic rings. The van der Waals surface area contributed by atoms with Crippen molar-refractivity contribution < 1.29 is 4.79 Å². The molecule has 0 aliphatic carbocycles. The Morgan fingerprint density at radius 3 is 2.96 bits per heavy atom. The lowest BCUT2D eigenvalue weighted by Gasteiger charge is -2.27. The molecule has 1 saturated heterocycles. The lowest BCUT2D eigenvalue weighted by atomic mass is 10.1. The zero-order valence-corrected chi connectivity index (χ0v) is 14.8. The van der Waals surface area contributed by atoms with Crippen LogP contribution in [0.2, 0.25) is 0 Å². The number of hydrazone groups is 1. The van der Waals surface area contributed by atoms with Gasteiger partial charge in [-0.1, -0.05) is 0 Å². The fourth-order valence-corrected chi connectivity index (χ4v) is 4.23. The molecule has 5 nitrogen and oxygen atoms in total.